The zero-order valence-electron chi connectivity index (χ0n) is 8.75. The zero-order chi connectivity index (χ0) is 9.76. The van der Waals surface area contributed by atoms with E-state index in [0.717, 1.165) is 24.9 Å². The topological polar surface area (TPSA) is 32.3 Å². The van der Waals surface area contributed by atoms with Crippen molar-refractivity contribution in [3.63, 3.8) is 0 Å². The molecule has 1 heterocycles. The van der Waals surface area contributed by atoms with Crippen molar-refractivity contribution in [2.45, 2.75) is 38.1 Å². The van der Waals surface area contributed by atoms with E-state index in [1.165, 1.54) is 25.7 Å². The van der Waals surface area contributed by atoms with Gasteiger partial charge in [0.05, 0.1) is 0 Å². The molecule has 78 valence electrons. The van der Waals surface area contributed by atoms with Crippen LogP contribution in [0.15, 0.2) is 0 Å². The molecule has 1 N–H and O–H groups in total. The molecule has 0 aromatic rings. The molecule has 3 fully saturated rings. The Morgan fingerprint density at radius 2 is 1.86 bits per heavy atom. The van der Waals surface area contributed by atoms with Crippen molar-refractivity contribution in [3.8, 4) is 0 Å². The second kappa shape index (κ2) is 2.65. The average Bonchev–Trinajstić information content (AvgIpc) is 3.00. The third kappa shape index (κ3) is 1.07. The van der Waals surface area contributed by atoms with E-state index < -0.39 is 0 Å². The highest BCUT2D eigenvalue weighted by Gasteiger charge is 2.56. The summed E-state index contributed by atoms with van der Waals surface area (Å²) in [4.78, 5) is 13.8. The van der Waals surface area contributed by atoms with Gasteiger partial charge in [-0.3, -0.25) is 0 Å². The first-order valence-corrected chi connectivity index (χ1v) is 5.78. The van der Waals surface area contributed by atoms with Crippen LogP contribution >= 0.6 is 0 Å². The molecule has 1 aliphatic heterocycles. The minimum atomic E-state index is 0.173. The maximum absolute atomic E-state index is 11.7. The Hall–Kier alpha value is -0.730. The Balaban J connectivity index is 1.86. The van der Waals surface area contributed by atoms with E-state index in [0.29, 0.717) is 0 Å². The van der Waals surface area contributed by atoms with Gasteiger partial charge in [-0.15, -0.1) is 0 Å². The first-order valence-electron chi connectivity index (χ1n) is 5.78. The van der Waals surface area contributed by atoms with Crippen molar-refractivity contribution in [1.82, 2.24) is 10.2 Å². The third-order valence-corrected chi connectivity index (χ3v) is 4.25. The molecule has 2 amide bonds. The molecule has 0 aromatic heterocycles. The molecule has 14 heavy (non-hydrogen) atoms. The van der Waals surface area contributed by atoms with Crippen LogP contribution in [0.1, 0.15) is 32.6 Å². The molecule has 3 aliphatic rings. The highest BCUT2D eigenvalue weighted by atomic mass is 16.2. The normalized spacial score (nSPS) is 28.1. The molecule has 0 atom stereocenters. The van der Waals surface area contributed by atoms with Crippen LogP contribution in [0.4, 0.5) is 4.79 Å². The van der Waals surface area contributed by atoms with Gasteiger partial charge in [-0.25, -0.2) is 4.79 Å². The molecule has 0 radical (unpaired) electrons. The van der Waals surface area contributed by atoms with E-state index in [4.69, 9.17) is 0 Å². The molecule has 0 unspecified atom stereocenters. The zero-order valence-corrected chi connectivity index (χ0v) is 8.75. The summed E-state index contributed by atoms with van der Waals surface area (Å²) in [6, 6.07) is 0.173. The van der Waals surface area contributed by atoms with E-state index in [2.05, 4.69) is 17.1 Å². The maximum Gasteiger partial charge on any atom is 0.317 e. The first kappa shape index (κ1) is 8.57. The Morgan fingerprint density at radius 3 is 2.21 bits per heavy atom. The number of carbonyl (C=O) groups excluding carboxylic acids is 1. The predicted molar refractivity (Wildman–Crippen MR) is 54.0 cm³/mol. The van der Waals surface area contributed by atoms with Gasteiger partial charge in [-0.2, -0.15) is 0 Å². The molecule has 0 aromatic carbocycles. The van der Waals surface area contributed by atoms with Gasteiger partial charge in [-0.1, -0.05) is 0 Å². The lowest BCUT2D eigenvalue weighted by molar-refractivity contribution is 0.110. The van der Waals surface area contributed by atoms with Crippen molar-refractivity contribution in [1.29, 1.82) is 0 Å². The van der Waals surface area contributed by atoms with Crippen LogP contribution in [0.3, 0.4) is 0 Å². The number of carbonyl (C=O) groups is 1. The number of rotatable bonds is 3. The molecular formula is C11H18N2O. The number of hydrogen-bond acceptors (Lipinski definition) is 1. The van der Waals surface area contributed by atoms with E-state index in [-0.39, 0.29) is 11.6 Å². The van der Waals surface area contributed by atoms with Crippen LogP contribution in [-0.4, -0.2) is 29.6 Å². The molecule has 2 aliphatic carbocycles. The first-order chi connectivity index (χ1) is 6.73. The van der Waals surface area contributed by atoms with Crippen molar-refractivity contribution >= 4 is 6.03 Å². The number of hydrogen-bond donors (Lipinski definition) is 1. The Kier molecular flexibility index (Phi) is 1.62. The van der Waals surface area contributed by atoms with E-state index in [9.17, 15) is 4.79 Å². The SMILES string of the molecule is CC(C1CC1)(C1CC1)N1CCNC1=O. The molecule has 3 heteroatoms. The van der Waals surface area contributed by atoms with Gasteiger partial charge in [0.25, 0.3) is 0 Å². The summed E-state index contributed by atoms with van der Waals surface area (Å²) in [7, 11) is 0. The predicted octanol–water partition coefficient (Wildman–Crippen LogP) is 1.59. The van der Waals surface area contributed by atoms with Gasteiger partial charge < -0.3 is 10.2 Å². The molecular weight excluding hydrogens is 176 g/mol. The molecule has 3 rings (SSSR count). The van der Waals surface area contributed by atoms with Crippen molar-refractivity contribution in [3.05, 3.63) is 0 Å². The van der Waals surface area contributed by atoms with Crippen LogP contribution < -0.4 is 5.32 Å². The summed E-state index contributed by atoms with van der Waals surface area (Å²) < 4.78 is 0. The van der Waals surface area contributed by atoms with Gasteiger partial charge in [0, 0.05) is 18.6 Å². The number of amides is 2. The largest absolute Gasteiger partial charge is 0.336 e. The van der Waals surface area contributed by atoms with E-state index in [1.54, 1.807) is 0 Å². The molecule has 0 spiro atoms. The minimum absolute atomic E-state index is 0.173. The maximum atomic E-state index is 11.7. The highest BCUT2D eigenvalue weighted by molar-refractivity contribution is 5.77. The van der Waals surface area contributed by atoms with Gasteiger partial charge >= 0.3 is 6.03 Å². The van der Waals surface area contributed by atoms with Crippen molar-refractivity contribution in [2.75, 3.05) is 13.1 Å². The van der Waals surface area contributed by atoms with Gasteiger partial charge in [0.2, 0.25) is 0 Å². The number of nitrogens with zero attached hydrogens (tertiary/aromatic N) is 1. The quantitative estimate of drug-likeness (QED) is 0.727. The standard InChI is InChI=1S/C11H18N2O/c1-11(8-2-3-8,9-4-5-9)13-7-6-12-10(13)14/h8-9H,2-7H2,1H3,(H,12,14). The summed E-state index contributed by atoms with van der Waals surface area (Å²) >= 11 is 0. The highest BCUT2D eigenvalue weighted by Crippen LogP contribution is 2.55. The third-order valence-electron chi connectivity index (χ3n) is 4.25. The lowest BCUT2D eigenvalue weighted by Gasteiger charge is -2.39. The van der Waals surface area contributed by atoms with Crippen LogP contribution in [0.5, 0.6) is 0 Å². The number of urea groups is 1. The summed E-state index contributed by atoms with van der Waals surface area (Å²) in [6.07, 6.45) is 5.32. The van der Waals surface area contributed by atoms with Crippen LogP contribution in [0, 0.1) is 11.8 Å². The average molecular weight is 194 g/mol. The minimum Gasteiger partial charge on any atom is -0.336 e. The van der Waals surface area contributed by atoms with Gasteiger partial charge in [0.15, 0.2) is 0 Å². The number of nitrogens with one attached hydrogen (secondary N) is 1. The summed E-state index contributed by atoms with van der Waals surface area (Å²) in [6.45, 7) is 4.07. The van der Waals surface area contributed by atoms with Gasteiger partial charge in [0.1, 0.15) is 0 Å². The second-order valence-electron chi connectivity index (χ2n) is 5.16. The lowest BCUT2D eigenvalue weighted by atomic mass is 9.88. The fraction of sp³-hybridized carbons (Fsp3) is 0.909. The second-order valence-corrected chi connectivity index (χ2v) is 5.16. The van der Waals surface area contributed by atoms with Crippen LogP contribution in [-0.2, 0) is 0 Å². The van der Waals surface area contributed by atoms with Crippen LogP contribution in [0.2, 0.25) is 0 Å². The Morgan fingerprint density at radius 1 is 1.29 bits per heavy atom. The monoisotopic (exact) mass is 194 g/mol. The van der Waals surface area contributed by atoms with Crippen molar-refractivity contribution in [2.24, 2.45) is 11.8 Å². The van der Waals surface area contributed by atoms with E-state index in [1.807, 2.05) is 0 Å². The van der Waals surface area contributed by atoms with Gasteiger partial charge in [-0.05, 0) is 44.4 Å². The Bertz CT molecular complexity index is 256. The van der Waals surface area contributed by atoms with Crippen LogP contribution in [0.25, 0.3) is 0 Å². The molecule has 1 saturated heterocycles. The molecule has 2 saturated carbocycles. The Labute approximate surface area is 84.8 Å². The summed E-state index contributed by atoms with van der Waals surface area (Å²) in [5.74, 6) is 1.58. The van der Waals surface area contributed by atoms with Crippen molar-refractivity contribution < 1.29 is 4.79 Å². The smallest absolute Gasteiger partial charge is 0.317 e. The fourth-order valence-corrected chi connectivity index (χ4v) is 3.04. The lowest BCUT2D eigenvalue weighted by Crippen LogP contribution is -2.51. The molecule has 0 bridgehead atoms. The summed E-state index contributed by atoms with van der Waals surface area (Å²) in [5, 5.41) is 2.93. The molecule has 3 nitrogen and oxygen atoms in total. The summed E-state index contributed by atoms with van der Waals surface area (Å²) in [5.41, 5.74) is 0.195. The fourth-order valence-electron chi connectivity index (χ4n) is 3.04. The van der Waals surface area contributed by atoms with E-state index >= 15 is 0 Å².